The van der Waals surface area contributed by atoms with Crippen molar-refractivity contribution >= 4 is 5.78 Å². The highest BCUT2D eigenvalue weighted by molar-refractivity contribution is 5.86. The van der Waals surface area contributed by atoms with Gasteiger partial charge in [0.25, 0.3) is 0 Å². The summed E-state index contributed by atoms with van der Waals surface area (Å²) in [5.41, 5.74) is 5.77. The van der Waals surface area contributed by atoms with Crippen LogP contribution in [0.4, 0.5) is 0 Å². The van der Waals surface area contributed by atoms with E-state index in [9.17, 15) is 4.79 Å². The molecule has 1 aliphatic rings. The van der Waals surface area contributed by atoms with Crippen LogP contribution in [-0.4, -0.2) is 25.0 Å². The molecule has 1 rings (SSSR count). The normalized spacial score (nSPS) is 21.4. The third-order valence-corrected chi connectivity index (χ3v) is 2.59. The quantitative estimate of drug-likeness (QED) is 0.713. The molecule has 0 aromatic carbocycles. The van der Waals surface area contributed by atoms with Crippen LogP contribution in [0.2, 0.25) is 0 Å². The highest BCUT2D eigenvalue weighted by Crippen LogP contribution is 2.17. The van der Waals surface area contributed by atoms with Gasteiger partial charge in [-0.3, -0.25) is 4.79 Å². The Morgan fingerprint density at radius 3 is 2.69 bits per heavy atom. The van der Waals surface area contributed by atoms with Crippen LogP contribution in [0.5, 0.6) is 0 Å². The van der Waals surface area contributed by atoms with Gasteiger partial charge < -0.3 is 10.5 Å². The van der Waals surface area contributed by atoms with E-state index in [1.54, 1.807) is 0 Å². The smallest absolute Gasteiger partial charge is 0.152 e. The topological polar surface area (TPSA) is 52.3 Å². The molecule has 3 heteroatoms. The van der Waals surface area contributed by atoms with Crippen LogP contribution in [-0.2, 0) is 9.53 Å². The van der Waals surface area contributed by atoms with E-state index < -0.39 is 0 Å². The number of rotatable bonds is 4. The SMILES string of the molecule is CCCC(N)C(=O)C1CCOCC1. The second kappa shape index (κ2) is 5.35. The Morgan fingerprint density at radius 1 is 1.54 bits per heavy atom. The van der Waals surface area contributed by atoms with Gasteiger partial charge >= 0.3 is 0 Å². The van der Waals surface area contributed by atoms with Crippen molar-refractivity contribution in [2.75, 3.05) is 13.2 Å². The fraction of sp³-hybridized carbons (Fsp3) is 0.900. The lowest BCUT2D eigenvalue weighted by Gasteiger charge is -2.23. The number of hydrogen-bond acceptors (Lipinski definition) is 3. The lowest BCUT2D eigenvalue weighted by atomic mass is 9.90. The Morgan fingerprint density at radius 2 is 2.15 bits per heavy atom. The van der Waals surface area contributed by atoms with Gasteiger partial charge in [-0.15, -0.1) is 0 Å². The molecule has 0 aromatic rings. The molecular weight excluding hydrogens is 166 g/mol. The maximum Gasteiger partial charge on any atom is 0.152 e. The van der Waals surface area contributed by atoms with E-state index in [-0.39, 0.29) is 17.7 Å². The van der Waals surface area contributed by atoms with Gasteiger partial charge in [0.15, 0.2) is 5.78 Å². The molecule has 0 spiro atoms. The second-order valence-electron chi connectivity index (χ2n) is 3.68. The van der Waals surface area contributed by atoms with Crippen molar-refractivity contribution in [3.63, 3.8) is 0 Å². The molecule has 76 valence electrons. The molecule has 1 atom stereocenters. The van der Waals surface area contributed by atoms with Crippen LogP contribution < -0.4 is 5.73 Å². The Labute approximate surface area is 79.6 Å². The van der Waals surface area contributed by atoms with Gasteiger partial charge in [-0.25, -0.2) is 0 Å². The van der Waals surface area contributed by atoms with Crippen molar-refractivity contribution in [2.24, 2.45) is 11.7 Å². The zero-order chi connectivity index (χ0) is 9.68. The fourth-order valence-corrected chi connectivity index (χ4v) is 1.74. The van der Waals surface area contributed by atoms with Gasteiger partial charge in [-0.2, -0.15) is 0 Å². The van der Waals surface area contributed by atoms with Crippen LogP contribution in [0, 0.1) is 5.92 Å². The number of ether oxygens (including phenoxy) is 1. The zero-order valence-electron chi connectivity index (χ0n) is 8.29. The highest BCUT2D eigenvalue weighted by atomic mass is 16.5. The lowest BCUT2D eigenvalue weighted by molar-refractivity contribution is -0.127. The Hall–Kier alpha value is -0.410. The highest BCUT2D eigenvalue weighted by Gasteiger charge is 2.25. The maximum absolute atomic E-state index is 11.7. The van der Waals surface area contributed by atoms with Gasteiger partial charge in [0.1, 0.15) is 0 Å². The lowest BCUT2D eigenvalue weighted by Crippen LogP contribution is -2.37. The van der Waals surface area contributed by atoms with Crippen molar-refractivity contribution in [1.29, 1.82) is 0 Å². The standard InChI is InChI=1S/C10H19NO2/c1-2-3-9(11)10(12)8-4-6-13-7-5-8/h8-9H,2-7,11H2,1H3. The van der Waals surface area contributed by atoms with E-state index in [1.807, 2.05) is 0 Å². The molecule has 0 bridgehead atoms. The van der Waals surface area contributed by atoms with Crippen LogP contribution in [0.25, 0.3) is 0 Å². The molecule has 0 amide bonds. The average Bonchev–Trinajstić information content (AvgIpc) is 2.18. The minimum absolute atomic E-state index is 0.162. The minimum atomic E-state index is -0.243. The van der Waals surface area contributed by atoms with Gasteiger partial charge in [-0.1, -0.05) is 13.3 Å². The van der Waals surface area contributed by atoms with Gasteiger partial charge in [0, 0.05) is 19.1 Å². The van der Waals surface area contributed by atoms with E-state index >= 15 is 0 Å². The van der Waals surface area contributed by atoms with Crippen LogP contribution in [0.3, 0.4) is 0 Å². The molecule has 1 saturated heterocycles. The number of ketones is 1. The molecule has 3 nitrogen and oxygen atoms in total. The van der Waals surface area contributed by atoms with Crippen LogP contribution in [0.15, 0.2) is 0 Å². The molecule has 13 heavy (non-hydrogen) atoms. The summed E-state index contributed by atoms with van der Waals surface area (Å²) >= 11 is 0. The monoisotopic (exact) mass is 185 g/mol. The number of carbonyl (C=O) groups is 1. The Bertz CT molecular complexity index is 164. The van der Waals surface area contributed by atoms with Crippen LogP contribution >= 0.6 is 0 Å². The predicted molar refractivity (Wildman–Crippen MR) is 51.4 cm³/mol. The van der Waals surface area contributed by atoms with Gasteiger partial charge in [0.05, 0.1) is 6.04 Å². The van der Waals surface area contributed by atoms with Crippen molar-refractivity contribution in [1.82, 2.24) is 0 Å². The van der Waals surface area contributed by atoms with E-state index in [1.165, 1.54) is 0 Å². The minimum Gasteiger partial charge on any atom is -0.381 e. The van der Waals surface area contributed by atoms with Crippen molar-refractivity contribution in [3.05, 3.63) is 0 Å². The first-order valence-corrected chi connectivity index (χ1v) is 5.12. The Balaban J connectivity index is 2.36. The first-order chi connectivity index (χ1) is 6.25. The molecule has 1 aliphatic heterocycles. The Kier molecular flexibility index (Phi) is 4.39. The first-order valence-electron chi connectivity index (χ1n) is 5.12. The number of carbonyl (C=O) groups excluding carboxylic acids is 1. The second-order valence-corrected chi connectivity index (χ2v) is 3.68. The summed E-state index contributed by atoms with van der Waals surface area (Å²) in [7, 11) is 0. The summed E-state index contributed by atoms with van der Waals surface area (Å²) in [6, 6.07) is -0.243. The summed E-state index contributed by atoms with van der Waals surface area (Å²) in [5, 5.41) is 0. The third kappa shape index (κ3) is 3.08. The number of Topliss-reactive ketones (excluding diaryl/α,β-unsaturated/α-hetero) is 1. The van der Waals surface area contributed by atoms with Gasteiger partial charge in [0.2, 0.25) is 0 Å². The summed E-state index contributed by atoms with van der Waals surface area (Å²) in [4.78, 5) is 11.7. The first kappa shape index (κ1) is 10.7. The summed E-state index contributed by atoms with van der Waals surface area (Å²) in [6.45, 7) is 3.49. The van der Waals surface area contributed by atoms with E-state index in [0.29, 0.717) is 0 Å². The predicted octanol–water partition coefficient (Wildman–Crippen LogP) is 1.11. The van der Waals surface area contributed by atoms with Crippen molar-refractivity contribution < 1.29 is 9.53 Å². The van der Waals surface area contributed by atoms with Gasteiger partial charge in [-0.05, 0) is 19.3 Å². The van der Waals surface area contributed by atoms with E-state index in [2.05, 4.69) is 6.92 Å². The van der Waals surface area contributed by atoms with Crippen LogP contribution in [0.1, 0.15) is 32.6 Å². The largest absolute Gasteiger partial charge is 0.381 e. The number of nitrogens with two attached hydrogens (primary N) is 1. The molecule has 1 heterocycles. The molecule has 0 aliphatic carbocycles. The molecule has 1 fully saturated rings. The molecular formula is C10H19NO2. The molecule has 1 unspecified atom stereocenters. The summed E-state index contributed by atoms with van der Waals surface area (Å²) in [5.74, 6) is 0.403. The van der Waals surface area contributed by atoms with E-state index in [4.69, 9.17) is 10.5 Å². The average molecular weight is 185 g/mol. The number of hydrogen-bond donors (Lipinski definition) is 1. The van der Waals surface area contributed by atoms with E-state index in [0.717, 1.165) is 38.9 Å². The van der Waals surface area contributed by atoms with Crippen molar-refractivity contribution in [2.45, 2.75) is 38.6 Å². The third-order valence-electron chi connectivity index (χ3n) is 2.59. The zero-order valence-corrected chi connectivity index (χ0v) is 8.29. The maximum atomic E-state index is 11.7. The molecule has 2 N–H and O–H groups in total. The molecule has 0 aromatic heterocycles. The summed E-state index contributed by atoms with van der Waals surface area (Å²) in [6.07, 6.45) is 3.51. The molecule has 0 radical (unpaired) electrons. The summed E-state index contributed by atoms with van der Waals surface area (Å²) < 4.78 is 5.20. The van der Waals surface area contributed by atoms with Crippen molar-refractivity contribution in [3.8, 4) is 0 Å². The fourth-order valence-electron chi connectivity index (χ4n) is 1.74. The molecule has 0 saturated carbocycles.